The van der Waals surface area contributed by atoms with Crippen molar-refractivity contribution < 1.29 is 9.57 Å². The molecular formula is C11H19ClNO+. The average Bonchev–Trinajstić information content (AvgIpc) is 2.24. The van der Waals surface area contributed by atoms with Crippen LogP contribution in [0.25, 0.3) is 0 Å². The van der Waals surface area contributed by atoms with Crippen LogP contribution in [0.4, 0.5) is 0 Å². The molecule has 1 heterocycles. The fourth-order valence-electron chi connectivity index (χ4n) is 0.704. The summed E-state index contributed by atoms with van der Waals surface area (Å²) in [4.78, 5) is 4.88. The Labute approximate surface area is 91.7 Å². The zero-order chi connectivity index (χ0) is 11.6. The summed E-state index contributed by atoms with van der Waals surface area (Å²) < 4.78 is 1.49. The largest absolute Gasteiger partial charge is 0.325 e. The Bertz CT molecular complexity index is 251. The fourth-order valence-corrected chi connectivity index (χ4v) is 1.00. The van der Waals surface area contributed by atoms with Crippen LogP contribution >= 0.6 is 11.6 Å². The quantitative estimate of drug-likeness (QED) is 0.400. The summed E-state index contributed by atoms with van der Waals surface area (Å²) >= 11 is 5.77. The molecule has 0 aliphatic heterocycles. The molecule has 1 rings (SSSR count). The van der Waals surface area contributed by atoms with Gasteiger partial charge in [-0.25, -0.2) is 0 Å². The van der Waals surface area contributed by atoms with Crippen molar-refractivity contribution in [2.24, 2.45) is 0 Å². The zero-order valence-corrected chi connectivity index (χ0v) is 10.1. The first-order valence-electron chi connectivity index (χ1n) is 4.46. The van der Waals surface area contributed by atoms with Crippen LogP contribution in [0.15, 0.2) is 31.5 Å². The van der Waals surface area contributed by atoms with Gasteiger partial charge in [-0.3, -0.25) is 4.84 Å². The molecule has 14 heavy (non-hydrogen) atoms. The summed E-state index contributed by atoms with van der Waals surface area (Å²) in [5, 5.41) is 0.586. The van der Waals surface area contributed by atoms with Gasteiger partial charge in [0.2, 0.25) is 6.20 Å². The van der Waals surface area contributed by atoms with Crippen LogP contribution in [0.2, 0.25) is 5.15 Å². The fraction of sp³-hybridized carbons (Fsp3) is 0.364. The Morgan fingerprint density at radius 1 is 1.36 bits per heavy atom. The molecule has 0 atom stereocenters. The van der Waals surface area contributed by atoms with Crippen molar-refractivity contribution >= 4 is 11.6 Å². The minimum atomic E-state index is 0.586. The Kier molecular flexibility index (Phi) is 11.1. The Hall–Kier alpha value is -1.02. The number of hydrogen-bond donors (Lipinski definition) is 0. The average molecular weight is 217 g/mol. The van der Waals surface area contributed by atoms with Crippen molar-refractivity contribution in [3.63, 3.8) is 0 Å². The summed E-state index contributed by atoms with van der Waals surface area (Å²) in [7, 11) is 1.57. The zero-order valence-electron chi connectivity index (χ0n) is 9.38. The first kappa shape index (κ1) is 15.5. The normalized spacial score (nSPS) is 7.50. The molecule has 0 amide bonds. The molecular weight excluding hydrogens is 198 g/mol. The van der Waals surface area contributed by atoms with Gasteiger partial charge in [0.25, 0.3) is 0 Å². The molecule has 0 fully saturated rings. The summed E-state index contributed by atoms with van der Waals surface area (Å²) in [6.07, 6.45) is 1.78. The van der Waals surface area contributed by atoms with E-state index in [-0.39, 0.29) is 0 Å². The highest BCUT2D eigenvalue weighted by Crippen LogP contribution is 2.02. The minimum absolute atomic E-state index is 0.586. The van der Waals surface area contributed by atoms with E-state index in [9.17, 15) is 0 Å². The van der Waals surface area contributed by atoms with Crippen LogP contribution in [0.3, 0.4) is 0 Å². The van der Waals surface area contributed by atoms with Crippen LogP contribution in [0.1, 0.15) is 19.4 Å². The second-order valence-corrected chi connectivity index (χ2v) is 2.42. The molecule has 0 aliphatic rings. The second kappa shape index (κ2) is 10.1. The number of halogens is 1. The van der Waals surface area contributed by atoms with Crippen LogP contribution < -0.4 is 9.57 Å². The lowest BCUT2D eigenvalue weighted by Gasteiger charge is -1.92. The van der Waals surface area contributed by atoms with Crippen LogP contribution in [0.5, 0.6) is 0 Å². The van der Waals surface area contributed by atoms with Crippen molar-refractivity contribution in [2.45, 2.75) is 20.8 Å². The third-order valence-corrected chi connectivity index (χ3v) is 1.50. The van der Waals surface area contributed by atoms with Crippen LogP contribution in [-0.2, 0) is 0 Å². The van der Waals surface area contributed by atoms with Crippen molar-refractivity contribution in [2.75, 3.05) is 7.11 Å². The molecule has 0 saturated heterocycles. The lowest BCUT2D eigenvalue weighted by atomic mass is 10.3. The van der Waals surface area contributed by atoms with Crippen molar-refractivity contribution in [3.8, 4) is 0 Å². The number of nitrogens with zero attached hydrogens (tertiary/aromatic N) is 1. The van der Waals surface area contributed by atoms with E-state index < -0.39 is 0 Å². The van der Waals surface area contributed by atoms with E-state index >= 15 is 0 Å². The second-order valence-electron chi connectivity index (χ2n) is 2.04. The Morgan fingerprint density at radius 3 is 2.21 bits per heavy atom. The molecule has 0 N–H and O–H groups in total. The third kappa shape index (κ3) is 5.60. The first-order valence-corrected chi connectivity index (χ1v) is 4.84. The van der Waals surface area contributed by atoms with Crippen molar-refractivity contribution in [1.82, 2.24) is 0 Å². The van der Waals surface area contributed by atoms with E-state index in [4.69, 9.17) is 16.4 Å². The number of rotatable bonds is 1. The summed E-state index contributed by atoms with van der Waals surface area (Å²) in [6, 6.07) is 3.76. The van der Waals surface area contributed by atoms with E-state index in [1.807, 2.05) is 32.9 Å². The summed E-state index contributed by atoms with van der Waals surface area (Å²) in [5.74, 6) is 0. The molecule has 0 radical (unpaired) electrons. The van der Waals surface area contributed by atoms with E-state index in [2.05, 4.69) is 13.2 Å². The van der Waals surface area contributed by atoms with Gasteiger partial charge in [-0.05, 0) is 24.1 Å². The summed E-state index contributed by atoms with van der Waals surface area (Å²) in [5.41, 5.74) is 1.12. The lowest BCUT2D eigenvalue weighted by Crippen LogP contribution is -2.41. The van der Waals surface area contributed by atoms with Crippen molar-refractivity contribution in [1.29, 1.82) is 0 Å². The standard InChI is InChI=1S/C7H9ClNO.C2H6.C2H4/c1-6-3-4-9(10-2)7(8)5-6;2*1-2/h3-5H,1-2H3;1-2H3;1-2H2/q+1;;. The van der Waals surface area contributed by atoms with Gasteiger partial charge in [0.05, 0.1) is 0 Å². The highest BCUT2D eigenvalue weighted by Gasteiger charge is 2.06. The highest BCUT2D eigenvalue weighted by atomic mass is 35.5. The maximum atomic E-state index is 5.77. The topological polar surface area (TPSA) is 13.1 Å². The van der Waals surface area contributed by atoms with Gasteiger partial charge in [-0.15, -0.1) is 13.2 Å². The molecule has 0 aromatic carbocycles. The van der Waals surface area contributed by atoms with Crippen LogP contribution in [0, 0.1) is 6.92 Å². The molecule has 0 spiro atoms. The Balaban J connectivity index is 0. The van der Waals surface area contributed by atoms with Gasteiger partial charge in [0.1, 0.15) is 7.11 Å². The van der Waals surface area contributed by atoms with Gasteiger partial charge in [-0.2, -0.15) is 0 Å². The molecule has 3 heteroatoms. The molecule has 0 unspecified atom stereocenters. The van der Waals surface area contributed by atoms with Gasteiger partial charge in [0.15, 0.2) is 0 Å². The molecule has 0 bridgehead atoms. The van der Waals surface area contributed by atoms with Gasteiger partial charge in [0, 0.05) is 16.9 Å². The Morgan fingerprint density at radius 2 is 1.86 bits per heavy atom. The van der Waals surface area contributed by atoms with Gasteiger partial charge >= 0.3 is 5.15 Å². The van der Waals surface area contributed by atoms with E-state index in [0.717, 1.165) is 5.56 Å². The number of aryl methyl sites for hydroxylation is 1. The maximum absolute atomic E-state index is 5.77. The molecule has 0 aliphatic carbocycles. The number of pyridine rings is 1. The summed E-state index contributed by atoms with van der Waals surface area (Å²) in [6.45, 7) is 12.0. The van der Waals surface area contributed by atoms with E-state index in [1.54, 1.807) is 13.3 Å². The third-order valence-electron chi connectivity index (χ3n) is 1.23. The molecule has 1 aromatic heterocycles. The monoisotopic (exact) mass is 216 g/mol. The molecule has 2 nitrogen and oxygen atoms in total. The predicted octanol–water partition coefficient (Wildman–Crippen LogP) is 2.82. The van der Waals surface area contributed by atoms with Crippen molar-refractivity contribution in [3.05, 3.63) is 42.2 Å². The molecule has 0 saturated carbocycles. The SMILES string of the molecule is C=C.CC.CO[n+]1ccc(C)cc1Cl. The maximum Gasteiger partial charge on any atom is 0.325 e. The molecule has 80 valence electrons. The highest BCUT2D eigenvalue weighted by molar-refractivity contribution is 6.28. The predicted molar refractivity (Wildman–Crippen MR) is 61.5 cm³/mol. The molecule has 1 aromatic rings. The lowest BCUT2D eigenvalue weighted by molar-refractivity contribution is -0.883. The first-order chi connectivity index (χ1) is 6.74. The van der Waals surface area contributed by atoms with Gasteiger partial charge < -0.3 is 0 Å². The number of aromatic nitrogens is 1. The van der Waals surface area contributed by atoms with E-state index in [1.165, 1.54) is 4.73 Å². The minimum Gasteiger partial charge on any atom is -0.273 e. The smallest absolute Gasteiger partial charge is 0.273 e. The van der Waals surface area contributed by atoms with E-state index in [0.29, 0.717) is 5.15 Å². The van der Waals surface area contributed by atoms with Crippen LogP contribution in [-0.4, -0.2) is 7.11 Å². The van der Waals surface area contributed by atoms with Gasteiger partial charge in [-0.1, -0.05) is 13.8 Å². The number of hydrogen-bond acceptors (Lipinski definition) is 1.